The van der Waals surface area contributed by atoms with E-state index in [1.807, 2.05) is 41.9 Å². The number of aromatic nitrogens is 4. The molecular formula is C20H16ClN5O2. The maximum Gasteiger partial charge on any atom is 0.232 e. The first-order valence-electron chi connectivity index (χ1n) is 8.89. The highest BCUT2D eigenvalue weighted by molar-refractivity contribution is 6.30. The van der Waals surface area contributed by atoms with Crippen LogP contribution in [0.15, 0.2) is 53.3 Å². The molecule has 2 aromatic heterocycles. The van der Waals surface area contributed by atoms with E-state index in [0.717, 1.165) is 22.3 Å². The van der Waals surface area contributed by atoms with Gasteiger partial charge in [0.15, 0.2) is 0 Å². The number of anilines is 1. The Labute approximate surface area is 165 Å². The molecule has 1 saturated heterocycles. The number of hydrogen-bond donors (Lipinski definition) is 0. The second-order valence-electron chi connectivity index (χ2n) is 6.90. The van der Waals surface area contributed by atoms with Crippen LogP contribution in [0.3, 0.4) is 0 Å². The lowest BCUT2D eigenvalue weighted by molar-refractivity contribution is -0.117. The lowest BCUT2D eigenvalue weighted by Crippen LogP contribution is -2.24. The van der Waals surface area contributed by atoms with E-state index in [1.165, 1.54) is 0 Å². The number of benzene rings is 2. The molecule has 0 spiro atoms. The van der Waals surface area contributed by atoms with Crippen molar-refractivity contribution in [2.45, 2.75) is 12.3 Å². The maximum atomic E-state index is 12.5. The summed E-state index contributed by atoms with van der Waals surface area (Å²) < 4.78 is 7.44. The highest BCUT2D eigenvalue weighted by Crippen LogP contribution is 2.33. The summed E-state index contributed by atoms with van der Waals surface area (Å²) in [7, 11) is 1.95. The molecule has 4 aromatic rings. The van der Waals surface area contributed by atoms with Crippen LogP contribution in [0.2, 0.25) is 5.02 Å². The van der Waals surface area contributed by atoms with E-state index in [0.29, 0.717) is 29.7 Å². The van der Waals surface area contributed by atoms with Crippen LogP contribution in [-0.4, -0.2) is 32.1 Å². The van der Waals surface area contributed by atoms with Gasteiger partial charge in [-0.15, -0.1) is 0 Å². The van der Waals surface area contributed by atoms with E-state index < -0.39 is 0 Å². The van der Waals surface area contributed by atoms with Crippen LogP contribution < -0.4 is 4.90 Å². The summed E-state index contributed by atoms with van der Waals surface area (Å²) in [5.74, 6) is 0.832. The van der Waals surface area contributed by atoms with Gasteiger partial charge in [-0.3, -0.25) is 4.79 Å². The Bertz CT molecular complexity index is 1200. The Balaban J connectivity index is 1.40. The van der Waals surface area contributed by atoms with E-state index in [-0.39, 0.29) is 11.8 Å². The molecule has 0 radical (unpaired) electrons. The lowest BCUT2D eigenvalue weighted by Gasteiger charge is -2.16. The van der Waals surface area contributed by atoms with Crippen molar-refractivity contribution >= 4 is 34.2 Å². The van der Waals surface area contributed by atoms with Gasteiger partial charge in [0, 0.05) is 36.3 Å². The molecule has 3 heterocycles. The van der Waals surface area contributed by atoms with Crippen molar-refractivity contribution in [2.24, 2.45) is 7.05 Å². The van der Waals surface area contributed by atoms with Crippen molar-refractivity contribution in [1.82, 2.24) is 19.7 Å². The average molecular weight is 394 g/mol. The van der Waals surface area contributed by atoms with Crippen molar-refractivity contribution in [3.63, 3.8) is 0 Å². The number of halogens is 1. The summed E-state index contributed by atoms with van der Waals surface area (Å²) in [4.78, 5) is 23.1. The quantitative estimate of drug-likeness (QED) is 0.529. The van der Waals surface area contributed by atoms with Crippen LogP contribution in [0.25, 0.3) is 22.4 Å². The van der Waals surface area contributed by atoms with Crippen LogP contribution in [0.5, 0.6) is 0 Å². The Morgan fingerprint density at radius 1 is 1.21 bits per heavy atom. The molecule has 0 unspecified atom stereocenters. The summed E-state index contributed by atoms with van der Waals surface area (Å²) in [5.41, 5.74) is 3.51. The third kappa shape index (κ3) is 2.84. The van der Waals surface area contributed by atoms with E-state index in [4.69, 9.17) is 16.1 Å². The number of hydrogen-bond acceptors (Lipinski definition) is 5. The number of carbonyl (C=O) groups is 1. The average Bonchev–Trinajstić information content (AvgIpc) is 3.40. The first-order chi connectivity index (χ1) is 13.6. The maximum absolute atomic E-state index is 12.5. The SMILES string of the molecule is Cn1cnc2cc(-c3noc([C@H]4CC(=O)N(c5cccc(Cl)c5)C4)n3)ccc21. The number of carbonyl (C=O) groups excluding carboxylic acids is 1. The third-order valence-corrected chi connectivity index (χ3v) is 5.25. The molecule has 1 amide bonds. The Morgan fingerprint density at radius 3 is 2.96 bits per heavy atom. The number of nitrogens with zero attached hydrogens (tertiary/aromatic N) is 5. The second kappa shape index (κ2) is 6.45. The Hall–Kier alpha value is -3.19. The molecule has 2 aromatic carbocycles. The highest BCUT2D eigenvalue weighted by Gasteiger charge is 2.35. The van der Waals surface area contributed by atoms with Gasteiger partial charge in [0.05, 0.1) is 23.3 Å². The van der Waals surface area contributed by atoms with Crippen LogP contribution >= 0.6 is 11.6 Å². The molecule has 0 saturated carbocycles. The van der Waals surface area contributed by atoms with Crippen molar-refractivity contribution in [3.05, 3.63) is 59.7 Å². The van der Waals surface area contributed by atoms with Gasteiger partial charge in [-0.2, -0.15) is 4.98 Å². The van der Waals surface area contributed by atoms with Crippen LogP contribution in [-0.2, 0) is 11.8 Å². The zero-order valence-corrected chi connectivity index (χ0v) is 15.8. The number of amides is 1. The van der Waals surface area contributed by atoms with Gasteiger partial charge in [-0.05, 0) is 36.4 Å². The van der Waals surface area contributed by atoms with Gasteiger partial charge < -0.3 is 14.0 Å². The second-order valence-corrected chi connectivity index (χ2v) is 7.34. The summed E-state index contributed by atoms with van der Waals surface area (Å²) in [5, 5.41) is 4.71. The van der Waals surface area contributed by atoms with Crippen molar-refractivity contribution in [2.75, 3.05) is 11.4 Å². The van der Waals surface area contributed by atoms with E-state index in [2.05, 4.69) is 15.1 Å². The zero-order valence-electron chi connectivity index (χ0n) is 15.0. The van der Waals surface area contributed by atoms with Gasteiger partial charge in [-0.25, -0.2) is 4.98 Å². The van der Waals surface area contributed by atoms with Gasteiger partial charge in [0.2, 0.25) is 17.6 Å². The molecule has 1 aliphatic rings. The number of rotatable bonds is 3. The normalized spacial score (nSPS) is 17.0. The fourth-order valence-electron chi connectivity index (χ4n) is 3.56. The molecule has 1 aliphatic heterocycles. The largest absolute Gasteiger partial charge is 0.339 e. The van der Waals surface area contributed by atoms with Crippen LogP contribution in [0, 0.1) is 0 Å². The minimum Gasteiger partial charge on any atom is -0.339 e. The number of aryl methyl sites for hydroxylation is 1. The fourth-order valence-corrected chi connectivity index (χ4v) is 3.74. The van der Waals surface area contributed by atoms with Crippen LogP contribution in [0.1, 0.15) is 18.2 Å². The Kier molecular flexibility index (Phi) is 3.91. The minimum absolute atomic E-state index is 0.0157. The molecule has 1 atom stereocenters. The minimum atomic E-state index is -0.147. The van der Waals surface area contributed by atoms with E-state index >= 15 is 0 Å². The standard InChI is InChI=1S/C20H16ClN5O2/c1-25-11-22-16-7-12(5-6-17(16)25)19-23-20(28-24-19)13-8-18(27)26(10-13)15-4-2-3-14(21)9-15/h2-7,9,11,13H,8,10H2,1H3/t13-/m0/s1. The predicted octanol–water partition coefficient (Wildman–Crippen LogP) is 3.80. The van der Waals surface area contributed by atoms with Crippen molar-refractivity contribution in [3.8, 4) is 11.4 Å². The van der Waals surface area contributed by atoms with Crippen molar-refractivity contribution in [1.29, 1.82) is 0 Å². The first-order valence-corrected chi connectivity index (χ1v) is 9.27. The summed E-state index contributed by atoms with van der Waals surface area (Å²) in [6.45, 7) is 0.486. The smallest absolute Gasteiger partial charge is 0.232 e. The Morgan fingerprint density at radius 2 is 2.11 bits per heavy atom. The molecule has 0 aliphatic carbocycles. The van der Waals surface area contributed by atoms with Gasteiger partial charge >= 0.3 is 0 Å². The molecule has 140 valence electrons. The fraction of sp³-hybridized carbons (Fsp3) is 0.200. The van der Waals surface area contributed by atoms with E-state index in [1.54, 1.807) is 23.4 Å². The first kappa shape index (κ1) is 16.9. The van der Waals surface area contributed by atoms with Gasteiger partial charge in [0.25, 0.3) is 0 Å². The third-order valence-electron chi connectivity index (χ3n) is 5.02. The number of fused-ring (bicyclic) bond motifs is 1. The molecular weight excluding hydrogens is 378 g/mol. The summed E-state index contributed by atoms with van der Waals surface area (Å²) in [6.07, 6.45) is 2.10. The van der Waals surface area contributed by atoms with Crippen molar-refractivity contribution < 1.29 is 9.32 Å². The topological polar surface area (TPSA) is 77.0 Å². The molecule has 0 bridgehead atoms. The van der Waals surface area contributed by atoms with Crippen LogP contribution in [0.4, 0.5) is 5.69 Å². The molecule has 8 heteroatoms. The monoisotopic (exact) mass is 393 g/mol. The molecule has 7 nitrogen and oxygen atoms in total. The predicted molar refractivity (Wildman–Crippen MR) is 105 cm³/mol. The molecule has 28 heavy (non-hydrogen) atoms. The molecule has 0 N–H and O–H groups in total. The van der Waals surface area contributed by atoms with Gasteiger partial charge in [-0.1, -0.05) is 22.8 Å². The lowest BCUT2D eigenvalue weighted by atomic mass is 10.1. The summed E-state index contributed by atoms with van der Waals surface area (Å²) >= 11 is 6.05. The molecule has 1 fully saturated rings. The molecule has 5 rings (SSSR count). The summed E-state index contributed by atoms with van der Waals surface area (Å²) in [6, 6.07) is 13.1. The number of imidazole rings is 1. The highest BCUT2D eigenvalue weighted by atomic mass is 35.5. The van der Waals surface area contributed by atoms with E-state index in [9.17, 15) is 4.79 Å². The van der Waals surface area contributed by atoms with Gasteiger partial charge in [0.1, 0.15) is 0 Å². The zero-order chi connectivity index (χ0) is 19.3.